The Morgan fingerprint density at radius 2 is 2.00 bits per heavy atom. The second-order valence-corrected chi connectivity index (χ2v) is 7.82. The zero-order valence-electron chi connectivity index (χ0n) is 16.8. The van der Waals surface area contributed by atoms with Gasteiger partial charge in [0.05, 0.1) is 11.8 Å². The lowest BCUT2D eigenvalue weighted by Crippen LogP contribution is -2.22. The Morgan fingerprint density at radius 1 is 1.21 bits per heavy atom. The largest absolute Gasteiger partial charge is 0.461 e. The van der Waals surface area contributed by atoms with Crippen LogP contribution >= 0.6 is 0 Å². The van der Waals surface area contributed by atoms with Crippen molar-refractivity contribution in [2.75, 3.05) is 5.32 Å². The standard InChI is InChI=1S/C22H25N3O3/c1-14(2)23-20-16-13-15(9-11-19(26)28-22(3,4)5)8-10-17(16)24-21(25-20)18-7-6-12-27-18/h6-14H,1-5H3,(H,23,24,25). The average molecular weight is 379 g/mol. The van der Waals surface area contributed by atoms with Crippen LogP contribution in [0.3, 0.4) is 0 Å². The highest BCUT2D eigenvalue weighted by atomic mass is 16.6. The van der Waals surface area contributed by atoms with Crippen LogP contribution in [0.4, 0.5) is 5.82 Å². The summed E-state index contributed by atoms with van der Waals surface area (Å²) in [6.07, 6.45) is 4.76. The van der Waals surface area contributed by atoms with Crippen molar-refractivity contribution < 1.29 is 13.9 Å². The Morgan fingerprint density at radius 3 is 2.64 bits per heavy atom. The van der Waals surface area contributed by atoms with Gasteiger partial charge < -0.3 is 14.5 Å². The summed E-state index contributed by atoms with van der Waals surface area (Å²) in [7, 11) is 0. The third-order valence-electron chi connectivity index (χ3n) is 3.71. The first-order valence-corrected chi connectivity index (χ1v) is 9.24. The van der Waals surface area contributed by atoms with Gasteiger partial charge in [-0.2, -0.15) is 0 Å². The average Bonchev–Trinajstić information content (AvgIpc) is 3.12. The van der Waals surface area contributed by atoms with E-state index in [4.69, 9.17) is 9.15 Å². The van der Waals surface area contributed by atoms with Crippen LogP contribution in [0.5, 0.6) is 0 Å². The predicted octanol–water partition coefficient (Wildman–Crippen LogP) is 5.07. The van der Waals surface area contributed by atoms with Gasteiger partial charge in [0.1, 0.15) is 11.4 Å². The fourth-order valence-electron chi connectivity index (χ4n) is 2.65. The fourth-order valence-corrected chi connectivity index (χ4v) is 2.65. The van der Waals surface area contributed by atoms with E-state index in [1.54, 1.807) is 12.3 Å². The number of aromatic nitrogens is 2. The monoisotopic (exact) mass is 379 g/mol. The van der Waals surface area contributed by atoms with Crippen LogP contribution in [0, 0.1) is 0 Å². The first-order valence-electron chi connectivity index (χ1n) is 9.24. The predicted molar refractivity (Wildman–Crippen MR) is 111 cm³/mol. The number of esters is 1. The van der Waals surface area contributed by atoms with Crippen molar-refractivity contribution in [3.8, 4) is 11.6 Å². The van der Waals surface area contributed by atoms with E-state index in [2.05, 4.69) is 15.3 Å². The van der Waals surface area contributed by atoms with Crippen molar-refractivity contribution in [3.63, 3.8) is 0 Å². The topological polar surface area (TPSA) is 77.3 Å². The first-order chi connectivity index (χ1) is 13.2. The van der Waals surface area contributed by atoms with E-state index >= 15 is 0 Å². The molecule has 0 bridgehead atoms. The van der Waals surface area contributed by atoms with E-state index in [1.165, 1.54) is 6.08 Å². The second-order valence-electron chi connectivity index (χ2n) is 7.82. The van der Waals surface area contributed by atoms with Crippen molar-refractivity contribution in [2.45, 2.75) is 46.3 Å². The Hall–Kier alpha value is -3.15. The van der Waals surface area contributed by atoms with E-state index in [0.717, 1.165) is 22.3 Å². The number of hydrogen-bond donors (Lipinski definition) is 1. The van der Waals surface area contributed by atoms with E-state index in [-0.39, 0.29) is 12.0 Å². The van der Waals surface area contributed by atoms with Gasteiger partial charge in [-0.15, -0.1) is 0 Å². The number of furan rings is 1. The molecule has 0 aliphatic carbocycles. The quantitative estimate of drug-likeness (QED) is 0.493. The highest BCUT2D eigenvalue weighted by Gasteiger charge is 2.15. The third kappa shape index (κ3) is 4.97. The summed E-state index contributed by atoms with van der Waals surface area (Å²) in [5.74, 6) is 1.48. The van der Waals surface area contributed by atoms with E-state index in [1.807, 2.05) is 65.0 Å². The lowest BCUT2D eigenvalue weighted by Gasteiger charge is -2.17. The first kappa shape index (κ1) is 19.6. The number of hydrogen-bond acceptors (Lipinski definition) is 6. The molecular formula is C22H25N3O3. The van der Waals surface area contributed by atoms with Crippen LogP contribution in [0.1, 0.15) is 40.2 Å². The smallest absolute Gasteiger partial charge is 0.331 e. The number of ether oxygens (including phenoxy) is 1. The zero-order valence-corrected chi connectivity index (χ0v) is 16.8. The molecule has 0 atom stereocenters. The number of nitrogens with one attached hydrogen (secondary N) is 1. The maximum atomic E-state index is 11.9. The summed E-state index contributed by atoms with van der Waals surface area (Å²) >= 11 is 0. The van der Waals surface area contributed by atoms with Crippen molar-refractivity contribution in [1.29, 1.82) is 0 Å². The number of anilines is 1. The minimum absolute atomic E-state index is 0.198. The van der Waals surface area contributed by atoms with E-state index in [0.29, 0.717) is 11.6 Å². The maximum absolute atomic E-state index is 11.9. The second kappa shape index (κ2) is 7.84. The number of rotatable bonds is 5. The molecule has 146 valence electrons. The SMILES string of the molecule is CC(C)Nc1nc(-c2ccco2)nc2ccc(C=CC(=O)OC(C)(C)C)cc12. The summed E-state index contributed by atoms with van der Waals surface area (Å²) in [4.78, 5) is 21.2. The van der Waals surface area contributed by atoms with E-state index < -0.39 is 5.60 Å². The third-order valence-corrected chi connectivity index (χ3v) is 3.71. The number of carbonyl (C=O) groups excluding carboxylic acids is 1. The highest BCUT2D eigenvalue weighted by molar-refractivity contribution is 5.93. The van der Waals surface area contributed by atoms with Gasteiger partial charge in [0.2, 0.25) is 0 Å². The maximum Gasteiger partial charge on any atom is 0.331 e. The molecule has 0 fully saturated rings. The van der Waals surface area contributed by atoms with Crippen LogP contribution in [-0.4, -0.2) is 27.6 Å². The Kier molecular flexibility index (Phi) is 5.49. The Bertz CT molecular complexity index is 1000. The molecule has 6 heteroatoms. The van der Waals surface area contributed by atoms with Gasteiger partial charge >= 0.3 is 5.97 Å². The van der Waals surface area contributed by atoms with E-state index in [9.17, 15) is 4.79 Å². The molecule has 0 radical (unpaired) electrons. The lowest BCUT2D eigenvalue weighted by atomic mass is 10.1. The van der Waals surface area contributed by atoms with Crippen molar-refractivity contribution in [1.82, 2.24) is 9.97 Å². The summed E-state index contributed by atoms with van der Waals surface area (Å²) in [6.45, 7) is 9.62. The summed E-state index contributed by atoms with van der Waals surface area (Å²) in [5.41, 5.74) is 1.13. The molecule has 2 heterocycles. The Labute approximate surface area is 164 Å². The zero-order chi connectivity index (χ0) is 20.3. The molecule has 0 amide bonds. The van der Waals surface area contributed by atoms with Crippen LogP contribution < -0.4 is 5.32 Å². The molecule has 1 aromatic carbocycles. The van der Waals surface area contributed by atoms with Crippen LogP contribution in [-0.2, 0) is 9.53 Å². The van der Waals surface area contributed by atoms with Gasteiger partial charge in [-0.1, -0.05) is 6.07 Å². The normalized spacial score (nSPS) is 12.1. The van der Waals surface area contributed by atoms with Gasteiger partial charge in [-0.25, -0.2) is 14.8 Å². The highest BCUT2D eigenvalue weighted by Crippen LogP contribution is 2.27. The van der Waals surface area contributed by atoms with Gasteiger partial charge in [0.15, 0.2) is 11.6 Å². The number of fused-ring (bicyclic) bond motifs is 1. The molecule has 2 aromatic heterocycles. The molecule has 0 spiro atoms. The molecule has 0 saturated carbocycles. The number of benzene rings is 1. The molecule has 0 aliphatic rings. The van der Waals surface area contributed by atoms with Gasteiger partial charge in [-0.05, 0) is 70.5 Å². The van der Waals surface area contributed by atoms with Gasteiger partial charge in [0, 0.05) is 17.5 Å². The van der Waals surface area contributed by atoms with Crippen molar-refractivity contribution >= 4 is 28.8 Å². The summed E-state index contributed by atoms with van der Waals surface area (Å²) in [6, 6.07) is 9.60. The number of carbonyl (C=O) groups is 1. The molecule has 3 aromatic rings. The molecule has 0 saturated heterocycles. The fraction of sp³-hybridized carbons (Fsp3) is 0.318. The molecule has 3 rings (SSSR count). The van der Waals surface area contributed by atoms with Crippen LogP contribution in [0.15, 0.2) is 47.1 Å². The minimum atomic E-state index is -0.519. The molecule has 28 heavy (non-hydrogen) atoms. The van der Waals surface area contributed by atoms with Crippen LogP contribution in [0.2, 0.25) is 0 Å². The molecule has 0 aliphatic heterocycles. The molecular weight excluding hydrogens is 354 g/mol. The summed E-state index contributed by atoms with van der Waals surface area (Å²) in [5, 5.41) is 4.24. The van der Waals surface area contributed by atoms with Crippen molar-refractivity contribution in [3.05, 3.63) is 48.2 Å². The Balaban J connectivity index is 1.98. The van der Waals surface area contributed by atoms with Gasteiger partial charge in [0.25, 0.3) is 0 Å². The minimum Gasteiger partial charge on any atom is -0.461 e. The van der Waals surface area contributed by atoms with Crippen LogP contribution in [0.25, 0.3) is 28.6 Å². The number of nitrogens with zero attached hydrogens (tertiary/aromatic N) is 2. The van der Waals surface area contributed by atoms with Gasteiger partial charge in [-0.3, -0.25) is 0 Å². The molecule has 6 nitrogen and oxygen atoms in total. The molecule has 1 N–H and O–H groups in total. The summed E-state index contributed by atoms with van der Waals surface area (Å²) < 4.78 is 10.7. The van der Waals surface area contributed by atoms with Crippen molar-refractivity contribution in [2.24, 2.45) is 0 Å². The molecule has 0 unspecified atom stereocenters. The lowest BCUT2D eigenvalue weighted by molar-refractivity contribution is -0.148.